The second kappa shape index (κ2) is 10.3. The van der Waals surface area contributed by atoms with Gasteiger partial charge in [0.2, 0.25) is 0 Å². The van der Waals surface area contributed by atoms with Crippen molar-refractivity contribution >= 4 is 60.9 Å². The van der Waals surface area contributed by atoms with Crippen LogP contribution in [0.1, 0.15) is 31.1 Å². The number of thiophene rings is 1. The summed E-state index contributed by atoms with van der Waals surface area (Å²) in [6.07, 6.45) is 1.30. The van der Waals surface area contributed by atoms with Crippen LogP contribution in [0.3, 0.4) is 0 Å². The number of ether oxygens (including phenoxy) is 1. The van der Waals surface area contributed by atoms with Gasteiger partial charge in [0.05, 0.1) is 22.9 Å². The number of carbonyl (C=O) groups is 2. The van der Waals surface area contributed by atoms with Gasteiger partial charge in [0, 0.05) is 37.2 Å². The predicted molar refractivity (Wildman–Crippen MR) is 174 cm³/mol. The van der Waals surface area contributed by atoms with Crippen molar-refractivity contribution in [2.75, 3.05) is 5.32 Å². The highest BCUT2D eigenvalue weighted by molar-refractivity contribution is 7.22. The second-order valence-electron chi connectivity index (χ2n) is 11.4. The first-order valence-electron chi connectivity index (χ1n) is 14.0. The van der Waals surface area contributed by atoms with Crippen LogP contribution in [0.4, 0.5) is 10.5 Å². The SMILES string of the molecule is CC(C)(C)OC(=O)n1c(-c2ccc(NC(=O)c3cc(-c4cc5ccccc5s4)c4[nH]ncc4c3)cc2)cc2ccccc21. The topological polar surface area (TPSA) is 89.0 Å². The van der Waals surface area contributed by atoms with E-state index in [4.69, 9.17) is 4.74 Å². The molecule has 7 nitrogen and oxygen atoms in total. The number of carbonyl (C=O) groups excluding carboxylic acids is 2. The van der Waals surface area contributed by atoms with E-state index in [1.165, 1.54) is 4.70 Å². The molecule has 0 atom stereocenters. The van der Waals surface area contributed by atoms with Crippen molar-refractivity contribution in [2.45, 2.75) is 26.4 Å². The maximum absolute atomic E-state index is 13.5. The summed E-state index contributed by atoms with van der Waals surface area (Å²) in [4.78, 5) is 27.8. The van der Waals surface area contributed by atoms with Crippen molar-refractivity contribution in [3.05, 3.63) is 109 Å². The molecule has 8 heteroatoms. The Hall–Kier alpha value is -5.21. The summed E-state index contributed by atoms with van der Waals surface area (Å²) in [7, 11) is 0. The monoisotopic (exact) mass is 584 g/mol. The third-order valence-corrected chi connectivity index (χ3v) is 8.38. The molecule has 0 saturated heterocycles. The highest BCUT2D eigenvalue weighted by atomic mass is 32.1. The van der Waals surface area contributed by atoms with Gasteiger partial charge in [0.15, 0.2) is 0 Å². The zero-order valence-corrected chi connectivity index (χ0v) is 24.7. The average molecular weight is 585 g/mol. The first-order valence-corrected chi connectivity index (χ1v) is 14.8. The molecule has 4 aromatic carbocycles. The molecule has 212 valence electrons. The van der Waals surface area contributed by atoms with E-state index in [0.717, 1.165) is 43.2 Å². The number of aromatic nitrogens is 3. The Kier molecular flexibility index (Phi) is 6.36. The van der Waals surface area contributed by atoms with E-state index in [1.807, 2.05) is 99.6 Å². The van der Waals surface area contributed by atoms with Crippen molar-refractivity contribution in [1.82, 2.24) is 14.8 Å². The number of fused-ring (bicyclic) bond motifs is 3. The van der Waals surface area contributed by atoms with Gasteiger partial charge in [-0.3, -0.25) is 9.89 Å². The van der Waals surface area contributed by atoms with Crippen LogP contribution < -0.4 is 5.32 Å². The predicted octanol–water partition coefficient (Wildman–Crippen LogP) is 9.10. The van der Waals surface area contributed by atoms with Gasteiger partial charge in [0.25, 0.3) is 5.91 Å². The van der Waals surface area contributed by atoms with Crippen molar-refractivity contribution in [3.8, 4) is 21.7 Å². The summed E-state index contributed by atoms with van der Waals surface area (Å²) in [5.41, 5.74) is 4.69. The minimum Gasteiger partial charge on any atom is -0.443 e. The fourth-order valence-corrected chi connectivity index (χ4v) is 6.38. The van der Waals surface area contributed by atoms with Crippen LogP contribution in [0.5, 0.6) is 0 Å². The molecule has 0 aliphatic carbocycles. The fraction of sp³-hybridized carbons (Fsp3) is 0.114. The first kappa shape index (κ1) is 26.7. The molecular weight excluding hydrogens is 556 g/mol. The first-order chi connectivity index (χ1) is 20.7. The summed E-state index contributed by atoms with van der Waals surface area (Å²) < 4.78 is 8.51. The van der Waals surface area contributed by atoms with Gasteiger partial charge in [-0.1, -0.05) is 48.5 Å². The average Bonchev–Trinajstić information content (AvgIpc) is 3.72. The van der Waals surface area contributed by atoms with E-state index in [2.05, 4.69) is 33.7 Å². The molecule has 0 bridgehead atoms. The molecule has 1 amide bonds. The fourth-order valence-electron chi connectivity index (χ4n) is 5.30. The van der Waals surface area contributed by atoms with Crippen LogP contribution in [0, 0.1) is 0 Å². The van der Waals surface area contributed by atoms with Gasteiger partial charge in [0.1, 0.15) is 5.60 Å². The number of nitrogens with zero attached hydrogens (tertiary/aromatic N) is 2. The molecule has 0 spiro atoms. The van der Waals surface area contributed by atoms with Crippen molar-refractivity contribution in [3.63, 3.8) is 0 Å². The lowest BCUT2D eigenvalue weighted by molar-refractivity contribution is 0.0547. The third kappa shape index (κ3) is 5.06. The molecule has 7 aromatic rings. The largest absolute Gasteiger partial charge is 0.443 e. The summed E-state index contributed by atoms with van der Waals surface area (Å²) in [6, 6.07) is 31.3. The van der Waals surface area contributed by atoms with E-state index in [0.29, 0.717) is 16.9 Å². The van der Waals surface area contributed by atoms with Crippen molar-refractivity contribution in [1.29, 1.82) is 0 Å². The van der Waals surface area contributed by atoms with Crippen LogP contribution in [-0.2, 0) is 4.74 Å². The lowest BCUT2D eigenvalue weighted by Crippen LogP contribution is -2.27. The molecule has 3 heterocycles. The number of hydrogen-bond acceptors (Lipinski definition) is 5. The van der Waals surface area contributed by atoms with E-state index in [-0.39, 0.29) is 5.91 Å². The molecular formula is C35H28N4O3S. The van der Waals surface area contributed by atoms with Crippen LogP contribution in [0.25, 0.3) is 53.6 Å². The van der Waals surface area contributed by atoms with E-state index in [1.54, 1.807) is 22.1 Å². The Labute approximate surface area is 251 Å². The van der Waals surface area contributed by atoms with Gasteiger partial charge in [-0.25, -0.2) is 9.36 Å². The van der Waals surface area contributed by atoms with Crippen LogP contribution in [0.2, 0.25) is 0 Å². The Morgan fingerprint density at radius 1 is 0.860 bits per heavy atom. The van der Waals surface area contributed by atoms with Gasteiger partial charge in [-0.05, 0) is 80.3 Å². The Balaban J connectivity index is 1.19. The normalized spacial score (nSPS) is 11.8. The summed E-state index contributed by atoms with van der Waals surface area (Å²) in [5.74, 6) is -0.221. The molecule has 0 saturated carbocycles. The molecule has 0 radical (unpaired) electrons. The van der Waals surface area contributed by atoms with Crippen LogP contribution in [-0.4, -0.2) is 32.4 Å². The number of aromatic amines is 1. The quantitative estimate of drug-likeness (QED) is 0.216. The minimum atomic E-state index is -0.635. The number of para-hydroxylation sites is 1. The number of benzene rings is 4. The standard InChI is InChI=1S/C35H28N4O3S/c1-35(2,3)42-34(41)39-28-10-6-4-8-22(28)18-29(39)21-12-14-26(15-13-21)37-33(40)24-16-25-20-36-38-32(25)27(17-24)31-19-23-9-5-7-11-30(23)43-31/h4-20H,1-3H3,(H,36,38)(H,37,40). The number of anilines is 1. The lowest BCUT2D eigenvalue weighted by atomic mass is 10.0. The van der Waals surface area contributed by atoms with Crippen LogP contribution in [0.15, 0.2) is 103 Å². The number of rotatable bonds is 4. The second-order valence-corrected chi connectivity index (χ2v) is 12.5. The minimum absolute atomic E-state index is 0.221. The molecule has 0 aliphatic heterocycles. The highest BCUT2D eigenvalue weighted by Crippen LogP contribution is 2.37. The number of H-pyrrole nitrogens is 1. The van der Waals surface area contributed by atoms with E-state index >= 15 is 0 Å². The Bertz CT molecular complexity index is 2130. The zero-order valence-electron chi connectivity index (χ0n) is 23.8. The third-order valence-electron chi connectivity index (χ3n) is 7.23. The molecule has 43 heavy (non-hydrogen) atoms. The number of hydrogen-bond donors (Lipinski definition) is 2. The molecule has 0 aliphatic rings. The number of nitrogens with one attached hydrogen (secondary N) is 2. The van der Waals surface area contributed by atoms with Gasteiger partial charge >= 0.3 is 6.09 Å². The zero-order chi connectivity index (χ0) is 29.7. The summed E-state index contributed by atoms with van der Waals surface area (Å²) >= 11 is 1.69. The smallest absolute Gasteiger partial charge is 0.419 e. The number of amides is 1. The molecule has 0 fully saturated rings. The van der Waals surface area contributed by atoms with E-state index in [9.17, 15) is 9.59 Å². The molecule has 2 N–H and O–H groups in total. The molecule has 0 unspecified atom stereocenters. The highest BCUT2D eigenvalue weighted by Gasteiger charge is 2.23. The van der Waals surface area contributed by atoms with Crippen LogP contribution >= 0.6 is 11.3 Å². The van der Waals surface area contributed by atoms with E-state index < -0.39 is 11.7 Å². The maximum Gasteiger partial charge on any atom is 0.419 e. The Morgan fingerprint density at radius 3 is 2.37 bits per heavy atom. The van der Waals surface area contributed by atoms with Gasteiger partial charge in [-0.2, -0.15) is 5.10 Å². The maximum atomic E-state index is 13.5. The van der Waals surface area contributed by atoms with Gasteiger partial charge < -0.3 is 10.1 Å². The van der Waals surface area contributed by atoms with Gasteiger partial charge in [-0.15, -0.1) is 11.3 Å². The molecule has 7 rings (SSSR count). The summed E-state index contributed by atoms with van der Waals surface area (Å²) in [5, 5.41) is 13.3. The lowest BCUT2D eigenvalue weighted by Gasteiger charge is -2.21. The molecule has 3 aromatic heterocycles. The summed E-state index contributed by atoms with van der Waals surface area (Å²) in [6.45, 7) is 5.55. The van der Waals surface area contributed by atoms with Crippen molar-refractivity contribution in [2.24, 2.45) is 0 Å². The van der Waals surface area contributed by atoms with Crippen molar-refractivity contribution < 1.29 is 14.3 Å². The Morgan fingerprint density at radius 2 is 1.60 bits per heavy atom.